The first-order valence-electron chi connectivity index (χ1n) is 24.5. The Morgan fingerprint density at radius 2 is 1.03 bits per heavy atom. The molecule has 0 amide bonds. The molecule has 0 saturated heterocycles. The van der Waals surface area contributed by atoms with E-state index < -0.39 is 51.8 Å². The van der Waals surface area contributed by atoms with Gasteiger partial charge in [0.15, 0.2) is 6.10 Å². The zero-order valence-electron chi connectivity index (χ0n) is 39.4. The van der Waals surface area contributed by atoms with Gasteiger partial charge in [-0.25, -0.2) is 4.57 Å². The number of phosphoric ester groups is 1. The molecule has 0 aromatic carbocycles. The summed E-state index contributed by atoms with van der Waals surface area (Å²) in [5.41, 5.74) is 0. The molecule has 0 fully saturated rings. The van der Waals surface area contributed by atoms with Crippen molar-refractivity contribution in [3.05, 3.63) is 48.6 Å². The molecule has 1 unspecified atom stereocenters. The fraction of sp³-hybridized carbons (Fsp3) is 0.800. The number of phosphoric acid groups is 1. The Hall–Kier alpha value is -2.11. The standard InChI is InChI=1S/C50H91O11P/c1-4-5-37-46(52)38-33-29-25-21-17-14-15-18-22-26-30-34-39-49(54)58-43-48(44-60-62(56,57)59-42-47(53)41-51)61-50(55)40-35-31-27-23-19-13-11-9-7-6-8-10-12-16-20-24-28-32-36-45(2)3/h14-15,21-22,25-26,33,38,45-48,51-53H,4-13,16-20,23-24,27-32,34-37,39-44H2,1-3H3,(H,56,57)/b15-14-,25-21-,26-22-,38-33-/t46-,47-,48+/m0/s1. The molecule has 4 atom stereocenters. The van der Waals surface area contributed by atoms with Crippen molar-refractivity contribution in [2.24, 2.45) is 5.92 Å². The number of aliphatic hydroxyl groups excluding tert-OH is 3. The fourth-order valence-electron chi connectivity index (χ4n) is 6.66. The van der Waals surface area contributed by atoms with Gasteiger partial charge in [0.1, 0.15) is 12.7 Å². The van der Waals surface area contributed by atoms with Gasteiger partial charge in [-0.15, -0.1) is 0 Å². The molecule has 0 aliphatic heterocycles. The van der Waals surface area contributed by atoms with Crippen LogP contribution in [0.2, 0.25) is 0 Å². The van der Waals surface area contributed by atoms with Gasteiger partial charge in [0, 0.05) is 12.8 Å². The lowest BCUT2D eigenvalue weighted by atomic mass is 10.0. The number of rotatable bonds is 45. The van der Waals surface area contributed by atoms with Crippen molar-refractivity contribution in [3.63, 3.8) is 0 Å². The number of ether oxygens (including phenoxy) is 2. The Morgan fingerprint density at radius 1 is 0.565 bits per heavy atom. The van der Waals surface area contributed by atoms with Gasteiger partial charge in [-0.05, 0) is 50.9 Å². The van der Waals surface area contributed by atoms with Crippen molar-refractivity contribution in [2.75, 3.05) is 26.4 Å². The third-order valence-electron chi connectivity index (χ3n) is 10.5. The highest BCUT2D eigenvalue weighted by Gasteiger charge is 2.27. The van der Waals surface area contributed by atoms with Crippen LogP contribution in [-0.4, -0.2) is 76.9 Å². The van der Waals surface area contributed by atoms with E-state index in [4.69, 9.17) is 23.6 Å². The Balaban J connectivity index is 4.29. The lowest BCUT2D eigenvalue weighted by molar-refractivity contribution is -0.161. The molecule has 0 aromatic rings. The van der Waals surface area contributed by atoms with Gasteiger partial charge in [0.2, 0.25) is 0 Å². The number of aliphatic hydroxyl groups is 3. The first kappa shape index (κ1) is 59.9. The Kier molecular flexibility index (Phi) is 42.6. The van der Waals surface area contributed by atoms with Gasteiger partial charge in [0.05, 0.1) is 25.9 Å². The molecule has 4 N–H and O–H groups in total. The van der Waals surface area contributed by atoms with E-state index >= 15 is 0 Å². The van der Waals surface area contributed by atoms with E-state index in [9.17, 15) is 29.3 Å². The van der Waals surface area contributed by atoms with E-state index in [0.717, 1.165) is 63.7 Å². The van der Waals surface area contributed by atoms with Crippen molar-refractivity contribution in [2.45, 2.75) is 225 Å². The van der Waals surface area contributed by atoms with Crippen LogP contribution >= 0.6 is 7.82 Å². The lowest BCUT2D eigenvalue weighted by Crippen LogP contribution is -2.29. The van der Waals surface area contributed by atoms with Crippen molar-refractivity contribution in [1.29, 1.82) is 0 Å². The first-order chi connectivity index (χ1) is 30.0. The Labute approximate surface area is 377 Å². The summed E-state index contributed by atoms with van der Waals surface area (Å²) in [5.74, 6) is -0.170. The van der Waals surface area contributed by atoms with Crippen LogP contribution in [0.15, 0.2) is 48.6 Å². The monoisotopic (exact) mass is 899 g/mol. The lowest BCUT2D eigenvalue weighted by Gasteiger charge is -2.20. The second-order valence-corrected chi connectivity index (χ2v) is 18.6. The van der Waals surface area contributed by atoms with Crippen LogP contribution in [0.4, 0.5) is 0 Å². The van der Waals surface area contributed by atoms with Crippen LogP contribution in [0.5, 0.6) is 0 Å². The average Bonchev–Trinajstić information content (AvgIpc) is 3.24. The molecule has 362 valence electrons. The van der Waals surface area contributed by atoms with Gasteiger partial charge < -0.3 is 29.7 Å². The minimum absolute atomic E-state index is 0.149. The molecule has 0 aliphatic rings. The molecule has 0 aromatic heterocycles. The maximum atomic E-state index is 12.7. The topological polar surface area (TPSA) is 169 Å². The zero-order valence-corrected chi connectivity index (χ0v) is 40.3. The van der Waals surface area contributed by atoms with Crippen molar-refractivity contribution < 1.29 is 52.9 Å². The molecule has 0 aliphatic carbocycles. The van der Waals surface area contributed by atoms with Gasteiger partial charge >= 0.3 is 19.8 Å². The van der Waals surface area contributed by atoms with Gasteiger partial charge in [0.25, 0.3) is 0 Å². The van der Waals surface area contributed by atoms with E-state index in [2.05, 4.69) is 45.1 Å². The van der Waals surface area contributed by atoms with Crippen LogP contribution < -0.4 is 0 Å². The number of hydrogen-bond donors (Lipinski definition) is 4. The molecule has 0 rings (SSSR count). The maximum Gasteiger partial charge on any atom is 0.472 e. The largest absolute Gasteiger partial charge is 0.472 e. The van der Waals surface area contributed by atoms with Crippen molar-refractivity contribution in [1.82, 2.24) is 0 Å². The van der Waals surface area contributed by atoms with Gasteiger partial charge in [-0.3, -0.25) is 18.6 Å². The molecule has 0 saturated carbocycles. The Morgan fingerprint density at radius 3 is 1.55 bits per heavy atom. The van der Waals surface area contributed by atoms with Crippen molar-refractivity contribution in [3.8, 4) is 0 Å². The third kappa shape index (κ3) is 44.5. The summed E-state index contributed by atoms with van der Waals surface area (Å²) in [6.45, 7) is 4.53. The predicted molar refractivity (Wildman–Crippen MR) is 253 cm³/mol. The second-order valence-electron chi connectivity index (χ2n) is 17.1. The highest BCUT2D eigenvalue weighted by Crippen LogP contribution is 2.43. The summed E-state index contributed by atoms with van der Waals surface area (Å²) in [7, 11) is -4.64. The van der Waals surface area contributed by atoms with E-state index in [0.29, 0.717) is 19.3 Å². The summed E-state index contributed by atoms with van der Waals surface area (Å²) in [4.78, 5) is 35.1. The number of hydrogen-bond acceptors (Lipinski definition) is 10. The number of unbranched alkanes of at least 4 members (excludes halogenated alkanes) is 19. The average molecular weight is 899 g/mol. The number of allylic oxidation sites excluding steroid dienone is 7. The molecule has 0 spiro atoms. The zero-order chi connectivity index (χ0) is 45.8. The predicted octanol–water partition coefficient (Wildman–Crippen LogP) is 12.5. The first-order valence-corrected chi connectivity index (χ1v) is 26.0. The molecule has 12 heteroatoms. The molecular formula is C50H91O11P. The second kappa shape index (κ2) is 44.1. The molecule has 0 bridgehead atoms. The van der Waals surface area contributed by atoms with E-state index in [1.807, 2.05) is 24.3 Å². The summed E-state index contributed by atoms with van der Waals surface area (Å²) in [6, 6.07) is 0. The van der Waals surface area contributed by atoms with Crippen LogP contribution in [0.1, 0.15) is 207 Å². The highest BCUT2D eigenvalue weighted by molar-refractivity contribution is 7.47. The number of carbonyl (C=O) groups is 2. The highest BCUT2D eigenvalue weighted by atomic mass is 31.2. The number of esters is 2. The molecular weight excluding hydrogens is 808 g/mol. The molecule has 0 heterocycles. The summed E-state index contributed by atoms with van der Waals surface area (Å²) in [5, 5.41) is 28.2. The van der Waals surface area contributed by atoms with Gasteiger partial charge in [-0.1, -0.05) is 198 Å². The summed E-state index contributed by atoms with van der Waals surface area (Å²) in [6.07, 6.45) is 44.2. The quantitative estimate of drug-likeness (QED) is 0.0199. The summed E-state index contributed by atoms with van der Waals surface area (Å²) >= 11 is 0. The molecule has 0 radical (unpaired) electrons. The molecule has 62 heavy (non-hydrogen) atoms. The van der Waals surface area contributed by atoms with E-state index in [-0.39, 0.29) is 25.6 Å². The molecule has 11 nitrogen and oxygen atoms in total. The van der Waals surface area contributed by atoms with E-state index in [1.165, 1.54) is 96.3 Å². The minimum Gasteiger partial charge on any atom is -0.462 e. The normalized spacial score (nSPS) is 14.7. The summed E-state index contributed by atoms with van der Waals surface area (Å²) < 4.78 is 32.7. The van der Waals surface area contributed by atoms with Crippen LogP contribution in [0.25, 0.3) is 0 Å². The van der Waals surface area contributed by atoms with Crippen LogP contribution in [-0.2, 0) is 32.7 Å². The number of carbonyl (C=O) groups excluding carboxylic acids is 2. The van der Waals surface area contributed by atoms with Gasteiger partial charge in [-0.2, -0.15) is 0 Å². The smallest absolute Gasteiger partial charge is 0.462 e. The fourth-order valence-corrected chi connectivity index (χ4v) is 7.45. The maximum absolute atomic E-state index is 12.7. The third-order valence-corrected chi connectivity index (χ3v) is 11.4. The van der Waals surface area contributed by atoms with Crippen molar-refractivity contribution >= 4 is 19.8 Å². The van der Waals surface area contributed by atoms with E-state index in [1.54, 1.807) is 0 Å². The minimum atomic E-state index is -4.64. The van der Waals surface area contributed by atoms with Crippen LogP contribution in [0.3, 0.4) is 0 Å². The Bertz CT molecular complexity index is 1200. The SMILES string of the molecule is CCCC[C@H](O)/C=C\C/C=C\C/C=C\C/C=C\CCCC(=O)OC[C@H](COP(=O)(O)OC[C@@H](O)CO)OC(=O)CCCCCCCCCCCCCCCCCCCCC(C)C. The van der Waals surface area contributed by atoms with Crippen LogP contribution in [0, 0.1) is 5.92 Å².